The molecule has 1 aliphatic rings. The largest absolute Gasteiger partial charge is 0.356 e. The summed E-state index contributed by atoms with van der Waals surface area (Å²) in [6.45, 7) is 5.33. The number of rotatable bonds is 7. The monoisotopic (exact) mass is 306 g/mol. The summed E-state index contributed by atoms with van der Waals surface area (Å²) in [5.74, 6) is 0.592. The molecule has 1 aromatic carbocycles. The molecule has 22 heavy (non-hydrogen) atoms. The zero-order valence-corrected chi connectivity index (χ0v) is 13.4. The molecule has 1 aromatic rings. The Labute approximate surface area is 132 Å². The van der Waals surface area contributed by atoms with E-state index in [-0.39, 0.29) is 5.82 Å². The Bertz CT molecular complexity index is 452. The average molecular weight is 306 g/mol. The zero-order valence-electron chi connectivity index (χ0n) is 13.4. The normalized spacial score (nSPS) is 16.0. The molecule has 4 nitrogen and oxygen atoms in total. The molecule has 0 radical (unpaired) electrons. The summed E-state index contributed by atoms with van der Waals surface area (Å²) < 4.78 is 12.8. The van der Waals surface area contributed by atoms with Gasteiger partial charge in [-0.1, -0.05) is 12.1 Å². The van der Waals surface area contributed by atoms with Gasteiger partial charge in [-0.2, -0.15) is 0 Å². The van der Waals surface area contributed by atoms with Gasteiger partial charge in [-0.25, -0.2) is 4.39 Å². The SMILES string of the molecule is CN=C(NCCCCN1CCCC1)NCc1ccc(F)cc1. The molecule has 0 aromatic heterocycles. The Balaban J connectivity index is 1.57. The lowest BCUT2D eigenvalue weighted by atomic mass is 10.2. The number of hydrogen-bond acceptors (Lipinski definition) is 2. The van der Waals surface area contributed by atoms with Crippen molar-refractivity contribution in [1.82, 2.24) is 15.5 Å². The van der Waals surface area contributed by atoms with Crippen molar-refractivity contribution in [1.29, 1.82) is 0 Å². The molecule has 1 aliphatic heterocycles. The van der Waals surface area contributed by atoms with Gasteiger partial charge in [0.2, 0.25) is 0 Å². The molecule has 0 atom stereocenters. The maximum atomic E-state index is 12.8. The summed E-state index contributed by atoms with van der Waals surface area (Å²) in [5.41, 5.74) is 1.04. The number of nitrogens with zero attached hydrogens (tertiary/aromatic N) is 2. The second-order valence-corrected chi connectivity index (χ2v) is 5.73. The van der Waals surface area contributed by atoms with Crippen molar-refractivity contribution in [2.75, 3.05) is 33.2 Å². The number of halogens is 1. The molecule has 1 fully saturated rings. The van der Waals surface area contributed by atoms with Gasteiger partial charge in [0.15, 0.2) is 5.96 Å². The van der Waals surface area contributed by atoms with Gasteiger partial charge in [-0.15, -0.1) is 0 Å². The lowest BCUT2D eigenvalue weighted by Crippen LogP contribution is -2.37. The van der Waals surface area contributed by atoms with Gasteiger partial charge in [-0.3, -0.25) is 4.99 Å². The fourth-order valence-corrected chi connectivity index (χ4v) is 2.68. The predicted molar refractivity (Wildman–Crippen MR) is 89.5 cm³/mol. The van der Waals surface area contributed by atoms with E-state index in [1.54, 1.807) is 19.2 Å². The number of benzene rings is 1. The standard InChI is InChI=1S/C17H27FN4/c1-19-17(21-14-15-6-8-16(18)9-7-15)20-10-2-3-11-22-12-4-5-13-22/h6-9H,2-5,10-14H2,1H3,(H2,19,20,21). The Kier molecular flexibility index (Phi) is 7.16. The molecule has 0 unspecified atom stereocenters. The molecule has 0 spiro atoms. The zero-order chi connectivity index (χ0) is 15.6. The number of hydrogen-bond donors (Lipinski definition) is 2. The first-order valence-electron chi connectivity index (χ1n) is 8.19. The first-order chi connectivity index (χ1) is 10.8. The van der Waals surface area contributed by atoms with E-state index >= 15 is 0 Å². The Morgan fingerprint density at radius 2 is 1.86 bits per heavy atom. The molecule has 0 bridgehead atoms. The van der Waals surface area contributed by atoms with E-state index in [0.717, 1.165) is 24.5 Å². The molecular weight excluding hydrogens is 279 g/mol. The summed E-state index contributed by atoms with van der Waals surface area (Å²) in [5, 5.41) is 6.57. The second-order valence-electron chi connectivity index (χ2n) is 5.73. The highest BCUT2D eigenvalue weighted by molar-refractivity contribution is 5.79. The molecule has 122 valence electrons. The summed E-state index contributed by atoms with van der Waals surface area (Å²) in [4.78, 5) is 6.75. The molecule has 0 saturated carbocycles. The van der Waals surface area contributed by atoms with Gasteiger partial charge in [0.25, 0.3) is 0 Å². The quantitative estimate of drug-likeness (QED) is 0.461. The fraction of sp³-hybridized carbons (Fsp3) is 0.588. The van der Waals surface area contributed by atoms with Crippen LogP contribution in [0.5, 0.6) is 0 Å². The van der Waals surface area contributed by atoms with E-state index in [2.05, 4.69) is 20.5 Å². The summed E-state index contributed by atoms with van der Waals surface area (Å²) >= 11 is 0. The summed E-state index contributed by atoms with van der Waals surface area (Å²) in [6, 6.07) is 6.52. The molecule has 1 saturated heterocycles. The minimum atomic E-state index is -0.204. The Morgan fingerprint density at radius 3 is 2.55 bits per heavy atom. The van der Waals surface area contributed by atoms with Crippen LogP contribution < -0.4 is 10.6 Å². The van der Waals surface area contributed by atoms with E-state index in [4.69, 9.17) is 0 Å². The number of nitrogens with one attached hydrogen (secondary N) is 2. The lowest BCUT2D eigenvalue weighted by Gasteiger charge is -2.15. The van der Waals surface area contributed by atoms with Gasteiger partial charge in [0.1, 0.15) is 5.82 Å². The van der Waals surface area contributed by atoms with Crippen molar-refractivity contribution in [3.8, 4) is 0 Å². The minimum Gasteiger partial charge on any atom is -0.356 e. The first-order valence-corrected chi connectivity index (χ1v) is 8.19. The maximum Gasteiger partial charge on any atom is 0.191 e. The van der Waals surface area contributed by atoms with Crippen LogP contribution >= 0.6 is 0 Å². The van der Waals surface area contributed by atoms with Gasteiger partial charge in [0.05, 0.1) is 0 Å². The molecular formula is C17H27FN4. The van der Waals surface area contributed by atoms with Crippen LogP contribution in [0.1, 0.15) is 31.2 Å². The van der Waals surface area contributed by atoms with Crippen molar-refractivity contribution in [3.05, 3.63) is 35.6 Å². The number of unbranched alkanes of at least 4 members (excludes halogenated alkanes) is 1. The van der Waals surface area contributed by atoms with Crippen LogP contribution in [0.4, 0.5) is 4.39 Å². The lowest BCUT2D eigenvalue weighted by molar-refractivity contribution is 0.330. The predicted octanol–water partition coefficient (Wildman–Crippen LogP) is 2.37. The maximum absolute atomic E-state index is 12.8. The highest BCUT2D eigenvalue weighted by atomic mass is 19.1. The van der Waals surface area contributed by atoms with Crippen LogP contribution in [0.3, 0.4) is 0 Å². The Hall–Kier alpha value is -1.62. The van der Waals surface area contributed by atoms with E-state index in [0.29, 0.717) is 6.54 Å². The number of guanidine groups is 1. The molecule has 1 heterocycles. The van der Waals surface area contributed by atoms with Gasteiger partial charge < -0.3 is 15.5 Å². The highest BCUT2D eigenvalue weighted by Gasteiger charge is 2.09. The fourth-order valence-electron chi connectivity index (χ4n) is 2.68. The third-order valence-corrected chi connectivity index (χ3v) is 3.99. The van der Waals surface area contributed by atoms with Crippen LogP contribution in [0, 0.1) is 5.82 Å². The van der Waals surface area contributed by atoms with E-state index in [1.165, 1.54) is 51.0 Å². The van der Waals surface area contributed by atoms with E-state index in [1.807, 2.05) is 0 Å². The molecule has 2 N–H and O–H groups in total. The van der Waals surface area contributed by atoms with Gasteiger partial charge >= 0.3 is 0 Å². The number of likely N-dealkylation sites (tertiary alicyclic amines) is 1. The molecule has 0 amide bonds. The molecule has 5 heteroatoms. The minimum absolute atomic E-state index is 0.204. The summed E-state index contributed by atoms with van der Waals surface area (Å²) in [7, 11) is 1.77. The van der Waals surface area contributed by atoms with Crippen molar-refractivity contribution >= 4 is 5.96 Å². The van der Waals surface area contributed by atoms with Crippen LogP contribution in [0.2, 0.25) is 0 Å². The molecule has 2 rings (SSSR count). The van der Waals surface area contributed by atoms with Crippen LogP contribution in [0.15, 0.2) is 29.3 Å². The van der Waals surface area contributed by atoms with E-state index in [9.17, 15) is 4.39 Å². The van der Waals surface area contributed by atoms with Crippen molar-refractivity contribution in [2.24, 2.45) is 4.99 Å². The second kappa shape index (κ2) is 9.41. The van der Waals surface area contributed by atoms with Crippen LogP contribution in [-0.4, -0.2) is 44.1 Å². The van der Waals surface area contributed by atoms with Gasteiger partial charge in [0, 0.05) is 20.1 Å². The average Bonchev–Trinajstić information content (AvgIpc) is 3.05. The smallest absolute Gasteiger partial charge is 0.191 e. The van der Waals surface area contributed by atoms with Crippen molar-refractivity contribution in [2.45, 2.75) is 32.2 Å². The van der Waals surface area contributed by atoms with Crippen molar-refractivity contribution in [3.63, 3.8) is 0 Å². The van der Waals surface area contributed by atoms with Crippen molar-refractivity contribution < 1.29 is 4.39 Å². The third-order valence-electron chi connectivity index (χ3n) is 3.99. The summed E-state index contributed by atoms with van der Waals surface area (Å²) in [6.07, 6.45) is 5.09. The van der Waals surface area contributed by atoms with Gasteiger partial charge in [-0.05, 0) is 63.0 Å². The third kappa shape index (κ3) is 6.02. The topological polar surface area (TPSA) is 39.7 Å². The van der Waals surface area contributed by atoms with E-state index < -0.39 is 0 Å². The molecule has 0 aliphatic carbocycles. The number of aliphatic imine (C=N–C) groups is 1. The van der Waals surface area contributed by atoms with Crippen LogP contribution in [0.25, 0.3) is 0 Å². The Morgan fingerprint density at radius 1 is 1.14 bits per heavy atom. The first kappa shape index (κ1) is 16.7. The van der Waals surface area contributed by atoms with Crippen LogP contribution in [-0.2, 0) is 6.54 Å². The highest BCUT2D eigenvalue weighted by Crippen LogP contribution is 2.07.